The molecule has 3 aromatic rings. The SMILES string of the molecule is CNS(=O)(=O)CC(=O)Nc1c2c(nn1-c1ccc(C)cn1)C[C@H](CCOc1cccc(OCC(F)(F)F)c1)NC2=O. The number of carbonyl (C=O) groups is 2. The van der Waals surface area contributed by atoms with E-state index in [1.165, 1.54) is 29.9 Å². The van der Waals surface area contributed by atoms with Crippen LogP contribution in [0.5, 0.6) is 11.5 Å². The molecule has 220 valence electrons. The molecular weight excluding hydrogens is 569 g/mol. The molecule has 0 spiro atoms. The van der Waals surface area contributed by atoms with Crippen LogP contribution in [0, 0.1) is 6.92 Å². The summed E-state index contributed by atoms with van der Waals surface area (Å²) in [4.78, 5) is 30.0. The summed E-state index contributed by atoms with van der Waals surface area (Å²) < 4.78 is 74.7. The molecule has 16 heteroatoms. The molecule has 0 saturated heterocycles. The highest BCUT2D eigenvalue weighted by atomic mass is 32.2. The van der Waals surface area contributed by atoms with E-state index < -0.39 is 46.4 Å². The summed E-state index contributed by atoms with van der Waals surface area (Å²) >= 11 is 0. The Hall–Kier alpha value is -4.18. The van der Waals surface area contributed by atoms with Gasteiger partial charge in [-0.3, -0.25) is 9.59 Å². The summed E-state index contributed by atoms with van der Waals surface area (Å²) in [6, 6.07) is 8.78. The summed E-state index contributed by atoms with van der Waals surface area (Å²) in [5.41, 5.74) is 1.30. The fourth-order valence-electron chi connectivity index (χ4n) is 3.98. The zero-order valence-electron chi connectivity index (χ0n) is 22.0. The lowest BCUT2D eigenvalue weighted by molar-refractivity contribution is -0.153. The molecule has 3 heterocycles. The van der Waals surface area contributed by atoms with E-state index in [4.69, 9.17) is 9.47 Å². The standard InChI is InChI=1S/C25H27F3N6O6S/c1-15-6-7-20(30-12-15)34-23(32-21(35)13-41(37,38)29-2)22-19(33-34)10-16(31-24(22)36)8-9-39-17-4-3-5-18(11-17)40-14-25(26,27)28/h3-7,11-12,16,29H,8-10,13-14H2,1-2H3,(H,31,36)(H,32,35)/t16-/m0/s1. The first-order chi connectivity index (χ1) is 19.3. The maximum absolute atomic E-state index is 13.2. The number of alkyl halides is 3. The smallest absolute Gasteiger partial charge is 0.422 e. The van der Waals surface area contributed by atoms with Crippen LogP contribution in [0.25, 0.3) is 5.82 Å². The van der Waals surface area contributed by atoms with Crippen LogP contribution in [-0.2, 0) is 21.2 Å². The number of ether oxygens (including phenoxy) is 2. The minimum atomic E-state index is -4.47. The van der Waals surface area contributed by atoms with Crippen molar-refractivity contribution in [3.05, 3.63) is 59.4 Å². The number of benzene rings is 1. The molecule has 0 aliphatic carbocycles. The molecule has 4 rings (SSSR count). The molecule has 1 aliphatic rings. The highest BCUT2D eigenvalue weighted by molar-refractivity contribution is 7.90. The van der Waals surface area contributed by atoms with E-state index in [-0.39, 0.29) is 30.2 Å². The predicted octanol–water partition coefficient (Wildman–Crippen LogP) is 2.13. The lowest BCUT2D eigenvalue weighted by Gasteiger charge is -2.23. The van der Waals surface area contributed by atoms with Crippen LogP contribution in [0.15, 0.2) is 42.6 Å². The fraction of sp³-hybridized carbons (Fsp3) is 0.360. The number of carbonyl (C=O) groups excluding carboxylic acids is 2. The van der Waals surface area contributed by atoms with Crippen molar-refractivity contribution in [1.29, 1.82) is 0 Å². The molecule has 0 radical (unpaired) electrons. The molecule has 41 heavy (non-hydrogen) atoms. The van der Waals surface area contributed by atoms with Crippen LogP contribution in [0.4, 0.5) is 19.0 Å². The number of pyridine rings is 1. The second kappa shape index (κ2) is 12.1. The number of hydrogen-bond donors (Lipinski definition) is 3. The quantitative estimate of drug-likeness (QED) is 0.304. The van der Waals surface area contributed by atoms with E-state index in [9.17, 15) is 31.2 Å². The number of aromatic nitrogens is 3. The zero-order valence-corrected chi connectivity index (χ0v) is 22.8. The van der Waals surface area contributed by atoms with Crippen LogP contribution >= 0.6 is 0 Å². The number of aryl methyl sites for hydroxylation is 1. The van der Waals surface area contributed by atoms with Crippen molar-refractivity contribution in [1.82, 2.24) is 24.8 Å². The van der Waals surface area contributed by atoms with Gasteiger partial charge in [-0.05, 0) is 37.7 Å². The molecule has 2 amide bonds. The van der Waals surface area contributed by atoms with Crippen LogP contribution < -0.4 is 24.8 Å². The molecule has 1 aliphatic heterocycles. The molecule has 0 fully saturated rings. The van der Waals surface area contributed by atoms with E-state index in [2.05, 4.69) is 25.4 Å². The van der Waals surface area contributed by atoms with Crippen molar-refractivity contribution in [3.8, 4) is 17.3 Å². The number of sulfonamides is 1. The molecule has 0 saturated carbocycles. The molecule has 2 aromatic heterocycles. The zero-order chi connectivity index (χ0) is 29.8. The molecule has 3 N–H and O–H groups in total. The number of halogens is 3. The van der Waals surface area contributed by atoms with Gasteiger partial charge in [-0.1, -0.05) is 12.1 Å². The summed E-state index contributed by atoms with van der Waals surface area (Å²) in [5, 5.41) is 9.82. The van der Waals surface area contributed by atoms with Gasteiger partial charge < -0.3 is 20.1 Å². The Bertz CT molecular complexity index is 1530. The number of fused-ring (bicyclic) bond motifs is 1. The first-order valence-electron chi connectivity index (χ1n) is 12.3. The van der Waals surface area contributed by atoms with Crippen molar-refractivity contribution >= 4 is 27.7 Å². The Balaban J connectivity index is 1.49. The van der Waals surface area contributed by atoms with Gasteiger partial charge in [0.1, 0.15) is 22.8 Å². The summed E-state index contributed by atoms with van der Waals surface area (Å²) in [7, 11) is -2.69. The minimum Gasteiger partial charge on any atom is -0.493 e. The maximum atomic E-state index is 13.2. The highest BCUT2D eigenvalue weighted by Crippen LogP contribution is 2.28. The lowest BCUT2D eigenvalue weighted by atomic mass is 9.99. The van der Waals surface area contributed by atoms with Crippen LogP contribution in [0.3, 0.4) is 0 Å². The maximum Gasteiger partial charge on any atom is 0.422 e. The third-order valence-electron chi connectivity index (χ3n) is 5.91. The number of nitrogens with one attached hydrogen (secondary N) is 3. The minimum absolute atomic E-state index is 0.00258. The van der Waals surface area contributed by atoms with Gasteiger partial charge >= 0.3 is 6.18 Å². The van der Waals surface area contributed by atoms with Crippen LogP contribution in [0.1, 0.15) is 28.0 Å². The first kappa shape index (κ1) is 29.8. The molecular formula is C25H27F3N6O6S. The van der Waals surface area contributed by atoms with E-state index in [1.807, 2.05) is 6.92 Å². The third kappa shape index (κ3) is 7.94. The van der Waals surface area contributed by atoms with Gasteiger partial charge in [0.25, 0.3) is 5.91 Å². The Labute approximate surface area is 233 Å². The number of amides is 2. The van der Waals surface area contributed by atoms with Crippen molar-refractivity contribution < 1.29 is 40.7 Å². The molecule has 0 unspecified atom stereocenters. The third-order valence-corrected chi connectivity index (χ3v) is 7.17. The van der Waals surface area contributed by atoms with Gasteiger partial charge in [0.05, 0.1) is 12.3 Å². The second-order valence-electron chi connectivity index (χ2n) is 9.18. The number of nitrogens with zero attached hydrogens (tertiary/aromatic N) is 3. The van der Waals surface area contributed by atoms with Gasteiger partial charge in [-0.15, -0.1) is 0 Å². The first-order valence-corrected chi connectivity index (χ1v) is 14.0. The Kier molecular flexibility index (Phi) is 8.82. The molecule has 1 aromatic carbocycles. The van der Waals surface area contributed by atoms with Gasteiger partial charge in [-0.25, -0.2) is 18.1 Å². The van der Waals surface area contributed by atoms with E-state index in [1.54, 1.807) is 24.4 Å². The fourth-order valence-corrected chi connectivity index (χ4v) is 4.54. The van der Waals surface area contributed by atoms with Gasteiger partial charge in [0.2, 0.25) is 15.9 Å². The Morgan fingerprint density at radius 3 is 2.59 bits per heavy atom. The summed E-state index contributed by atoms with van der Waals surface area (Å²) in [6.07, 6.45) is -2.30. The van der Waals surface area contributed by atoms with Crippen molar-refractivity contribution in [2.75, 3.05) is 31.3 Å². The van der Waals surface area contributed by atoms with E-state index in [0.29, 0.717) is 23.7 Å². The van der Waals surface area contributed by atoms with E-state index >= 15 is 0 Å². The van der Waals surface area contributed by atoms with E-state index in [0.717, 1.165) is 5.56 Å². The number of anilines is 1. The lowest BCUT2D eigenvalue weighted by Crippen LogP contribution is -2.42. The molecule has 1 atom stereocenters. The highest BCUT2D eigenvalue weighted by Gasteiger charge is 2.33. The van der Waals surface area contributed by atoms with Crippen LogP contribution in [0.2, 0.25) is 0 Å². The average molecular weight is 597 g/mol. The summed E-state index contributed by atoms with van der Waals surface area (Å²) in [5.74, 6) is -1.70. The predicted molar refractivity (Wildman–Crippen MR) is 141 cm³/mol. The Morgan fingerprint density at radius 1 is 1.20 bits per heavy atom. The normalized spacial score (nSPS) is 15.1. The van der Waals surface area contributed by atoms with Gasteiger partial charge in [0.15, 0.2) is 18.2 Å². The summed E-state index contributed by atoms with van der Waals surface area (Å²) in [6.45, 7) is 0.530. The molecule has 12 nitrogen and oxygen atoms in total. The van der Waals surface area contributed by atoms with Crippen LogP contribution in [-0.4, -0.2) is 73.2 Å². The van der Waals surface area contributed by atoms with Gasteiger partial charge in [0, 0.05) is 31.1 Å². The number of rotatable bonds is 11. The Morgan fingerprint density at radius 2 is 1.93 bits per heavy atom. The monoisotopic (exact) mass is 596 g/mol. The second-order valence-corrected chi connectivity index (χ2v) is 11.1. The van der Waals surface area contributed by atoms with Gasteiger partial charge in [-0.2, -0.15) is 23.0 Å². The van der Waals surface area contributed by atoms with Crippen molar-refractivity contribution in [2.45, 2.75) is 32.0 Å². The largest absolute Gasteiger partial charge is 0.493 e. The van der Waals surface area contributed by atoms with Crippen molar-refractivity contribution in [3.63, 3.8) is 0 Å². The number of hydrogen-bond acceptors (Lipinski definition) is 8. The van der Waals surface area contributed by atoms with Crippen molar-refractivity contribution in [2.24, 2.45) is 0 Å². The average Bonchev–Trinajstić information content (AvgIpc) is 3.26. The topological polar surface area (TPSA) is 154 Å². The molecule has 0 bridgehead atoms.